The van der Waals surface area contributed by atoms with Crippen LogP contribution in [0.1, 0.15) is 44.2 Å². The Bertz CT molecular complexity index is 331. The number of nitrogens with one attached hydrogen (secondary N) is 1. The molecule has 1 aromatic rings. The summed E-state index contributed by atoms with van der Waals surface area (Å²) in [6.07, 6.45) is 4.31. The molecule has 1 atom stereocenters. The second-order valence-corrected chi connectivity index (χ2v) is 4.30. The molecule has 0 saturated heterocycles. The molecule has 0 aliphatic carbocycles. The molecule has 1 unspecified atom stereocenters. The van der Waals surface area contributed by atoms with E-state index in [9.17, 15) is 4.39 Å². The van der Waals surface area contributed by atoms with Crippen LogP contribution in [0.2, 0.25) is 5.02 Å². The lowest BCUT2D eigenvalue weighted by molar-refractivity contribution is 0.484. The van der Waals surface area contributed by atoms with Gasteiger partial charge in [-0.15, -0.1) is 0 Å². The van der Waals surface area contributed by atoms with Crippen molar-refractivity contribution in [1.29, 1.82) is 0 Å². The molecule has 0 amide bonds. The number of hydrogen-bond donors (Lipinski definition) is 2. The molecule has 2 nitrogen and oxygen atoms in total. The van der Waals surface area contributed by atoms with Gasteiger partial charge in [-0.3, -0.25) is 11.3 Å². The molecule has 1 rings (SSSR count). The Morgan fingerprint density at radius 2 is 2.19 bits per heavy atom. The predicted octanol–water partition coefficient (Wildman–Crippen LogP) is 3.56. The minimum absolute atomic E-state index is 0.00156. The largest absolute Gasteiger partial charge is 0.271 e. The van der Waals surface area contributed by atoms with E-state index in [4.69, 9.17) is 17.4 Å². The molecule has 0 aromatic heterocycles. The van der Waals surface area contributed by atoms with Gasteiger partial charge in [0.05, 0.1) is 5.02 Å². The van der Waals surface area contributed by atoms with Crippen molar-refractivity contribution in [2.75, 3.05) is 0 Å². The Morgan fingerprint density at radius 3 is 2.75 bits per heavy atom. The maximum absolute atomic E-state index is 13.3. The second kappa shape index (κ2) is 6.84. The summed E-state index contributed by atoms with van der Waals surface area (Å²) in [6, 6.07) is 4.81. The highest BCUT2D eigenvalue weighted by molar-refractivity contribution is 6.30. The summed E-state index contributed by atoms with van der Waals surface area (Å²) in [5.41, 5.74) is 3.56. The van der Waals surface area contributed by atoms with Crippen LogP contribution < -0.4 is 11.3 Å². The Kier molecular flexibility index (Phi) is 5.74. The topological polar surface area (TPSA) is 38.0 Å². The summed E-state index contributed by atoms with van der Waals surface area (Å²) in [4.78, 5) is 0. The highest BCUT2D eigenvalue weighted by atomic mass is 35.5. The standard InChI is InChI=1S/C12H18ClFN2/c1-2-3-4-5-12(16-15)9-6-7-10(13)11(14)8-9/h6-8,12,16H,2-5,15H2,1H3. The van der Waals surface area contributed by atoms with Gasteiger partial charge in [0.15, 0.2) is 0 Å². The number of halogens is 2. The van der Waals surface area contributed by atoms with Crippen LogP contribution in [0.15, 0.2) is 18.2 Å². The third kappa shape index (κ3) is 3.74. The van der Waals surface area contributed by atoms with Crippen molar-refractivity contribution < 1.29 is 4.39 Å². The van der Waals surface area contributed by atoms with Crippen molar-refractivity contribution in [2.24, 2.45) is 5.84 Å². The summed E-state index contributed by atoms with van der Waals surface area (Å²) in [6.45, 7) is 2.15. The van der Waals surface area contributed by atoms with Gasteiger partial charge in [-0.1, -0.05) is 43.9 Å². The average Bonchev–Trinajstić information content (AvgIpc) is 2.29. The third-order valence-corrected chi connectivity index (χ3v) is 2.95. The van der Waals surface area contributed by atoms with E-state index in [-0.39, 0.29) is 11.1 Å². The molecular weight excluding hydrogens is 227 g/mol. The minimum Gasteiger partial charge on any atom is -0.271 e. The zero-order chi connectivity index (χ0) is 12.0. The van der Waals surface area contributed by atoms with Gasteiger partial charge in [0, 0.05) is 6.04 Å². The van der Waals surface area contributed by atoms with Gasteiger partial charge in [-0.2, -0.15) is 0 Å². The lowest BCUT2D eigenvalue weighted by Gasteiger charge is -2.16. The molecule has 0 saturated carbocycles. The van der Waals surface area contributed by atoms with Crippen LogP contribution in [0.4, 0.5) is 4.39 Å². The van der Waals surface area contributed by atoms with E-state index in [1.54, 1.807) is 6.07 Å². The zero-order valence-electron chi connectivity index (χ0n) is 9.47. The number of nitrogens with two attached hydrogens (primary N) is 1. The molecule has 0 bridgehead atoms. The SMILES string of the molecule is CCCCCC(NN)c1ccc(Cl)c(F)c1. The fourth-order valence-electron chi connectivity index (χ4n) is 1.67. The Labute approximate surface area is 101 Å². The van der Waals surface area contributed by atoms with Crippen LogP contribution in [0, 0.1) is 5.82 Å². The molecule has 0 radical (unpaired) electrons. The van der Waals surface area contributed by atoms with Crippen LogP contribution in [-0.2, 0) is 0 Å². The zero-order valence-corrected chi connectivity index (χ0v) is 10.2. The van der Waals surface area contributed by atoms with Crippen LogP contribution in [-0.4, -0.2) is 0 Å². The van der Waals surface area contributed by atoms with Crippen LogP contribution in [0.5, 0.6) is 0 Å². The number of hydrogen-bond acceptors (Lipinski definition) is 2. The van der Waals surface area contributed by atoms with Crippen LogP contribution >= 0.6 is 11.6 Å². The highest BCUT2D eigenvalue weighted by Gasteiger charge is 2.11. The Morgan fingerprint density at radius 1 is 1.44 bits per heavy atom. The quantitative estimate of drug-likeness (QED) is 0.456. The smallest absolute Gasteiger partial charge is 0.142 e. The van der Waals surface area contributed by atoms with E-state index in [0.717, 1.165) is 31.2 Å². The molecule has 90 valence electrons. The van der Waals surface area contributed by atoms with E-state index in [1.165, 1.54) is 6.07 Å². The molecule has 0 spiro atoms. The third-order valence-electron chi connectivity index (χ3n) is 2.64. The van der Waals surface area contributed by atoms with Crippen molar-refractivity contribution in [3.05, 3.63) is 34.6 Å². The normalized spacial score (nSPS) is 12.8. The van der Waals surface area contributed by atoms with E-state index < -0.39 is 5.82 Å². The fourth-order valence-corrected chi connectivity index (χ4v) is 1.79. The van der Waals surface area contributed by atoms with Gasteiger partial charge in [0.1, 0.15) is 5.82 Å². The van der Waals surface area contributed by atoms with Gasteiger partial charge in [-0.25, -0.2) is 4.39 Å². The summed E-state index contributed by atoms with van der Waals surface area (Å²) in [5.74, 6) is 5.08. The molecule has 1 aromatic carbocycles. The van der Waals surface area contributed by atoms with Crippen LogP contribution in [0.25, 0.3) is 0 Å². The number of hydrazine groups is 1. The van der Waals surface area contributed by atoms with Crippen LogP contribution in [0.3, 0.4) is 0 Å². The number of rotatable bonds is 6. The van der Waals surface area contributed by atoms with E-state index >= 15 is 0 Å². The summed E-state index contributed by atoms with van der Waals surface area (Å²) < 4.78 is 13.3. The van der Waals surface area contributed by atoms with Crippen molar-refractivity contribution in [3.8, 4) is 0 Å². The fraction of sp³-hybridized carbons (Fsp3) is 0.500. The van der Waals surface area contributed by atoms with E-state index in [2.05, 4.69) is 12.3 Å². The summed E-state index contributed by atoms with van der Waals surface area (Å²) >= 11 is 5.63. The lowest BCUT2D eigenvalue weighted by Crippen LogP contribution is -2.28. The molecule has 16 heavy (non-hydrogen) atoms. The van der Waals surface area contributed by atoms with Crippen molar-refractivity contribution >= 4 is 11.6 Å². The first-order chi connectivity index (χ1) is 7.69. The van der Waals surface area contributed by atoms with E-state index in [1.807, 2.05) is 6.07 Å². The highest BCUT2D eigenvalue weighted by Crippen LogP contribution is 2.23. The average molecular weight is 245 g/mol. The molecule has 0 aliphatic heterocycles. The molecule has 0 aliphatic rings. The first-order valence-corrected chi connectivity index (χ1v) is 5.98. The maximum Gasteiger partial charge on any atom is 0.142 e. The lowest BCUT2D eigenvalue weighted by atomic mass is 10.0. The molecule has 0 heterocycles. The first-order valence-electron chi connectivity index (χ1n) is 5.60. The van der Waals surface area contributed by atoms with Gasteiger partial charge in [-0.05, 0) is 24.1 Å². The van der Waals surface area contributed by atoms with Crippen molar-refractivity contribution in [1.82, 2.24) is 5.43 Å². The number of benzene rings is 1. The summed E-state index contributed by atoms with van der Waals surface area (Å²) in [7, 11) is 0. The first kappa shape index (κ1) is 13.4. The molecular formula is C12H18ClFN2. The molecule has 3 N–H and O–H groups in total. The minimum atomic E-state index is -0.394. The molecule has 4 heteroatoms. The summed E-state index contributed by atoms with van der Waals surface area (Å²) in [5, 5.41) is 0.146. The maximum atomic E-state index is 13.3. The monoisotopic (exact) mass is 244 g/mol. The van der Waals surface area contributed by atoms with Gasteiger partial charge in [0.25, 0.3) is 0 Å². The van der Waals surface area contributed by atoms with Gasteiger partial charge in [0.2, 0.25) is 0 Å². The number of unbranched alkanes of at least 4 members (excludes halogenated alkanes) is 2. The van der Waals surface area contributed by atoms with Gasteiger partial charge >= 0.3 is 0 Å². The Hall–Kier alpha value is -0.640. The van der Waals surface area contributed by atoms with E-state index in [0.29, 0.717) is 0 Å². The molecule has 0 fully saturated rings. The second-order valence-electron chi connectivity index (χ2n) is 3.89. The van der Waals surface area contributed by atoms with Crippen molar-refractivity contribution in [2.45, 2.75) is 38.6 Å². The predicted molar refractivity (Wildman–Crippen MR) is 65.6 cm³/mol. The van der Waals surface area contributed by atoms with Gasteiger partial charge < -0.3 is 0 Å². The van der Waals surface area contributed by atoms with Crippen molar-refractivity contribution in [3.63, 3.8) is 0 Å². The Balaban J connectivity index is 2.67.